The number of nitrogens with two attached hydrogens (primary N) is 1. The first-order valence-corrected chi connectivity index (χ1v) is 11.4. The van der Waals surface area contributed by atoms with E-state index in [1.54, 1.807) is 6.20 Å². The molecule has 3 aromatic rings. The Morgan fingerprint density at radius 2 is 1.85 bits per heavy atom. The zero-order valence-corrected chi connectivity index (χ0v) is 18.5. The Kier molecular flexibility index (Phi) is 5.95. The van der Waals surface area contributed by atoms with Gasteiger partial charge in [-0.15, -0.1) is 0 Å². The van der Waals surface area contributed by atoms with E-state index in [4.69, 9.17) is 5.73 Å². The van der Waals surface area contributed by atoms with E-state index in [1.807, 2.05) is 0 Å². The SMILES string of the molecule is N[C@H]1CCCN(c2c(NC(=O)c3ccc(F)c(-c4c(F)cccc4F)n3)cnc3c2CCC3)C1. The molecule has 9 heteroatoms. The number of halogens is 3. The summed E-state index contributed by atoms with van der Waals surface area (Å²) in [5, 5.41) is 2.84. The number of hydrogen-bond donors (Lipinski definition) is 2. The number of benzene rings is 1. The Morgan fingerprint density at radius 3 is 2.62 bits per heavy atom. The Labute approximate surface area is 195 Å². The lowest BCUT2D eigenvalue weighted by atomic mass is 10.0. The molecular formula is C25H24F3N5O. The molecule has 1 atom stereocenters. The van der Waals surface area contributed by atoms with Crippen LogP contribution in [0, 0.1) is 17.5 Å². The number of anilines is 2. The summed E-state index contributed by atoms with van der Waals surface area (Å²) in [5.41, 5.74) is 8.42. The van der Waals surface area contributed by atoms with Crippen LogP contribution in [0.4, 0.5) is 24.5 Å². The maximum atomic E-state index is 14.4. The highest BCUT2D eigenvalue weighted by atomic mass is 19.1. The molecule has 3 heterocycles. The van der Waals surface area contributed by atoms with Gasteiger partial charge in [-0.1, -0.05) is 6.07 Å². The summed E-state index contributed by atoms with van der Waals surface area (Å²) in [7, 11) is 0. The highest BCUT2D eigenvalue weighted by molar-refractivity contribution is 6.05. The topological polar surface area (TPSA) is 84.1 Å². The maximum Gasteiger partial charge on any atom is 0.274 e. The van der Waals surface area contributed by atoms with Crippen LogP contribution < -0.4 is 16.0 Å². The van der Waals surface area contributed by atoms with E-state index in [0.717, 1.165) is 73.8 Å². The molecule has 3 N–H and O–H groups in total. The van der Waals surface area contributed by atoms with Crippen molar-refractivity contribution in [1.29, 1.82) is 0 Å². The van der Waals surface area contributed by atoms with Crippen LogP contribution in [0.25, 0.3) is 11.3 Å². The lowest BCUT2D eigenvalue weighted by Crippen LogP contribution is -2.43. The molecule has 176 valence electrons. The van der Waals surface area contributed by atoms with Gasteiger partial charge in [0.1, 0.15) is 28.8 Å². The normalized spacial score (nSPS) is 17.5. The summed E-state index contributed by atoms with van der Waals surface area (Å²) < 4.78 is 42.9. The number of pyridine rings is 2. The molecule has 0 unspecified atom stereocenters. The molecule has 0 bridgehead atoms. The van der Waals surface area contributed by atoms with Gasteiger partial charge in [0, 0.05) is 24.8 Å². The molecule has 2 aromatic heterocycles. The second-order valence-electron chi connectivity index (χ2n) is 8.73. The molecule has 5 rings (SSSR count). The van der Waals surface area contributed by atoms with Crippen LogP contribution >= 0.6 is 0 Å². The van der Waals surface area contributed by atoms with Gasteiger partial charge in [-0.05, 0) is 61.9 Å². The van der Waals surface area contributed by atoms with Crippen LogP contribution in [0.2, 0.25) is 0 Å². The first-order valence-electron chi connectivity index (χ1n) is 11.4. The highest BCUT2D eigenvalue weighted by Gasteiger charge is 2.28. The zero-order valence-electron chi connectivity index (χ0n) is 18.5. The van der Waals surface area contributed by atoms with Gasteiger partial charge >= 0.3 is 0 Å². The second kappa shape index (κ2) is 9.06. The van der Waals surface area contributed by atoms with Gasteiger partial charge in [0.25, 0.3) is 5.91 Å². The van der Waals surface area contributed by atoms with Crippen molar-refractivity contribution in [3.63, 3.8) is 0 Å². The van der Waals surface area contributed by atoms with Gasteiger partial charge in [-0.25, -0.2) is 18.2 Å². The fraction of sp³-hybridized carbons (Fsp3) is 0.320. The third-order valence-corrected chi connectivity index (χ3v) is 6.38. The van der Waals surface area contributed by atoms with Crippen LogP contribution in [-0.2, 0) is 12.8 Å². The molecule has 34 heavy (non-hydrogen) atoms. The van der Waals surface area contributed by atoms with Crippen LogP contribution in [0.5, 0.6) is 0 Å². The largest absolute Gasteiger partial charge is 0.368 e. The smallest absolute Gasteiger partial charge is 0.274 e. The summed E-state index contributed by atoms with van der Waals surface area (Å²) in [6, 6.07) is 5.41. The monoisotopic (exact) mass is 467 g/mol. The van der Waals surface area contributed by atoms with E-state index < -0.39 is 34.6 Å². The summed E-state index contributed by atoms with van der Waals surface area (Å²) in [6.45, 7) is 1.49. The Hall–Kier alpha value is -3.46. The van der Waals surface area contributed by atoms with Crippen LogP contribution in [-0.4, -0.2) is 35.0 Å². The fourth-order valence-electron chi connectivity index (χ4n) is 4.81. The number of nitrogens with zero attached hydrogens (tertiary/aromatic N) is 3. The summed E-state index contributed by atoms with van der Waals surface area (Å²) >= 11 is 0. The zero-order chi connectivity index (χ0) is 23.8. The molecule has 1 aliphatic heterocycles. The number of piperidine rings is 1. The van der Waals surface area contributed by atoms with E-state index in [2.05, 4.69) is 20.2 Å². The standard InChI is InChI=1S/C25H24F3N5O/c26-16-6-2-7-17(27)22(16)23-18(28)9-10-20(31-23)25(34)32-21-12-30-19-8-1-5-15(19)24(21)33-11-3-4-14(29)13-33/h2,6-7,9-10,12,14H,1,3-5,8,11,13,29H2,(H,32,34)/t14-/m0/s1. The summed E-state index contributed by atoms with van der Waals surface area (Å²) in [5.74, 6) is -3.48. The average Bonchev–Trinajstić information content (AvgIpc) is 3.28. The van der Waals surface area contributed by atoms with Crippen LogP contribution in [0.15, 0.2) is 36.5 Å². The van der Waals surface area contributed by atoms with Crippen molar-refractivity contribution in [1.82, 2.24) is 9.97 Å². The minimum atomic E-state index is -0.962. The number of carbonyl (C=O) groups is 1. The molecule has 1 aromatic carbocycles. The van der Waals surface area contributed by atoms with Gasteiger partial charge in [0.2, 0.25) is 0 Å². The third kappa shape index (κ3) is 4.11. The Bertz CT molecular complexity index is 1250. The van der Waals surface area contributed by atoms with E-state index in [-0.39, 0.29) is 11.7 Å². The Balaban J connectivity index is 1.50. The van der Waals surface area contributed by atoms with E-state index in [1.165, 1.54) is 12.1 Å². The number of aryl methyl sites for hydroxylation is 1. The van der Waals surface area contributed by atoms with Crippen molar-refractivity contribution in [2.75, 3.05) is 23.3 Å². The fourth-order valence-corrected chi connectivity index (χ4v) is 4.81. The predicted octanol–water partition coefficient (Wildman–Crippen LogP) is 4.23. The van der Waals surface area contributed by atoms with Crippen molar-refractivity contribution < 1.29 is 18.0 Å². The maximum absolute atomic E-state index is 14.4. The number of nitrogens with one attached hydrogen (secondary N) is 1. The van der Waals surface area contributed by atoms with E-state index >= 15 is 0 Å². The van der Waals surface area contributed by atoms with Crippen molar-refractivity contribution >= 4 is 17.3 Å². The molecule has 0 radical (unpaired) electrons. The van der Waals surface area contributed by atoms with E-state index in [9.17, 15) is 18.0 Å². The number of rotatable bonds is 4. The minimum absolute atomic E-state index is 0.0412. The van der Waals surface area contributed by atoms with Crippen molar-refractivity contribution in [2.45, 2.75) is 38.1 Å². The van der Waals surface area contributed by atoms with E-state index in [0.29, 0.717) is 12.2 Å². The Morgan fingerprint density at radius 1 is 1.06 bits per heavy atom. The minimum Gasteiger partial charge on any atom is -0.368 e. The first-order chi connectivity index (χ1) is 16.4. The highest BCUT2D eigenvalue weighted by Crippen LogP contribution is 2.38. The first kappa shape index (κ1) is 22.3. The van der Waals surface area contributed by atoms with Crippen LogP contribution in [0.3, 0.4) is 0 Å². The number of aromatic nitrogens is 2. The molecule has 6 nitrogen and oxygen atoms in total. The van der Waals surface area contributed by atoms with Gasteiger partial charge in [-0.2, -0.15) is 0 Å². The quantitative estimate of drug-likeness (QED) is 0.600. The molecular weight excluding hydrogens is 443 g/mol. The molecule has 0 saturated carbocycles. The van der Waals surface area contributed by atoms with Gasteiger partial charge in [0.05, 0.1) is 23.1 Å². The van der Waals surface area contributed by atoms with Crippen LogP contribution in [0.1, 0.15) is 41.0 Å². The number of fused-ring (bicyclic) bond motifs is 1. The molecule has 1 amide bonds. The molecule has 1 saturated heterocycles. The number of amides is 1. The third-order valence-electron chi connectivity index (χ3n) is 6.38. The van der Waals surface area contributed by atoms with Gasteiger partial charge in [-0.3, -0.25) is 9.78 Å². The molecule has 2 aliphatic rings. The molecule has 1 aliphatic carbocycles. The second-order valence-corrected chi connectivity index (χ2v) is 8.73. The van der Waals surface area contributed by atoms with Crippen molar-refractivity contribution in [3.05, 3.63) is 70.9 Å². The van der Waals surface area contributed by atoms with Crippen molar-refractivity contribution in [2.24, 2.45) is 5.73 Å². The molecule has 0 spiro atoms. The summed E-state index contributed by atoms with van der Waals surface area (Å²) in [4.78, 5) is 23.8. The average molecular weight is 467 g/mol. The summed E-state index contributed by atoms with van der Waals surface area (Å²) in [6.07, 6.45) is 6.25. The lowest BCUT2D eigenvalue weighted by molar-refractivity contribution is 0.102. The molecule has 1 fully saturated rings. The van der Waals surface area contributed by atoms with Gasteiger partial charge < -0.3 is 16.0 Å². The predicted molar refractivity (Wildman–Crippen MR) is 123 cm³/mol. The van der Waals surface area contributed by atoms with Gasteiger partial charge in [0.15, 0.2) is 0 Å². The lowest BCUT2D eigenvalue weighted by Gasteiger charge is -2.35. The number of carbonyl (C=O) groups excluding carboxylic acids is 1. The number of hydrogen-bond acceptors (Lipinski definition) is 5. The van der Waals surface area contributed by atoms with Crippen molar-refractivity contribution in [3.8, 4) is 11.3 Å².